The first-order valence-corrected chi connectivity index (χ1v) is 6.93. The first-order valence-electron chi connectivity index (χ1n) is 6.93. The van der Waals surface area contributed by atoms with E-state index in [1.54, 1.807) is 0 Å². The van der Waals surface area contributed by atoms with Crippen molar-refractivity contribution in [2.24, 2.45) is 0 Å². The van der Waals surface area contributed by atoms with Crippen molar-refractivity contribution in [1.82, 2.24) is 10.2 Å². The van der Waals surface area contributed by atoms with Gasteiger partial charge in [0.15, 0.2) is 0 Å². The van der Waals surface area contributed by atoms with Gasteiger partial charge in [0.2, 0.25) is 0 Å². The Labute approximate surface area is 108 Å². The number of benzene rings is 1. The molecule has 1 heterocycles. The number of hydrogen-bond donors (Lipinski definition) is 1. The summed E-state index contributed by atoms with van der Waals surface area (Å²) in [6.45, 7) is 3.44. The van der Waals surface area contributed by atoms with Gasteiger partial charge in [-0.2, -0.15) is 0 Å². The van der Waals surface area contributed by atoms with Crippen LogP contribution in [0.3, 0.4) is 0 Å². The molecule has 0 spiro atoms. The number of likely N-dealkylation sites (tertiary alicyclic amines) is 1. The Balaban J connectivity index is 1.58. The topological polar surface area (TPSA) is 32.3 Å². The summed E-state index contributed by atoms with van der Waals surface area (Å²) in [5.41, 5.74) is 2.09. The van der Waals surface area contributed by atoms with E-state index in [1.807, 2.05) is 12.1 Å². The highest BCUT2D eigenvalue weighted by molar-refractivity contribution is 5.94. The molecule has 3 nitrogen and oxygen atoms in total. The van der Waals surface area contributed by atoms with Crippen molar-refractivity contribution >= 4 is 5.91 Å². The van der Waals surface area contributed by atoms with Crippen molar-refractivity contribution in [3.63, 3.8) is 0 Å². The highest BCUT2D eigenvalue weighted by Crippen LogP contribution is 2.19. The van der Waals surface area contributed by atoms with Crippen LogP contribution >= 0.6 is 0 Å². The van der Waals surface area contributed by atoms with Gasteiger partial charge in [0, 0.05) is 18.2 Å². The Morgan fingerprint density at radius 3 is 2.44 bits per heavy atom. The van der Waals surface area contributed by atoms with Crippen LogP contribution < -0.4 is 5.32 Å². The van der Waals surface area contributed by atoms with Crippen molar-refractivity contribution in [3.05, 3.63) is 35.4 Å². The van der Waals surface area contributed by atoms with Crippen molar-refractivity contribution in [3.8, 4) is 0 Å². The maximum atomic E-state index is 11.8. The van der Waals surface area contributed by atoms with Crippen molar-refractivity contribution < 1.29 is 4.79 Å². The fourth-order valence-electron chi connectivity index (χ4n) is 2.46. The third-order valence-electron chi connectivity index (χ3n) is 3.73. The normalized spacial score (nSPS) is 20.0. The van der Waals surface area contributed by atoms with Crippen LogP contribution in [0.4, 0.5) is 0 Å². The quantitative estimate of drug-likeness (QED) is 0.880. The average molecular weight is 244 g/mol. The third kappa shape index (κ3) is 2.91. The molecule has 96 valence electrons. The van der Waals surface area contributed by atoms with Gasteiger partial charge in [0.25, 0.3) is 5.91 Å². The zero-order chi connectivity index (χ0) is 12.4. The molecule has 1 aliphatic carbocycles. The second kappa shape index (κ2) is 5.11. The lowest BCUT2D eigenvalue weighted by atomic mass is 10.1. The van der Waals surface area contributed by atoms with Crippen molar-refractivity contribution in [1.29, 1.82) is 0 Å². The van der Waals surface area contributed by atoms with Crippen LogP contribution in [0.25, 0.3) is 0 Å². The molecule has 1 N–H and O–H groups in total. The van der Waals surface area contributed by atoms with E-state index >= 15 is 0 Å². The Bertz CT molecular complexity index is 417. The fraction of sp³-hybridized carbons (Fsp3) is 0.533. The molecule has 1 saturated heterocycles. The number of rotatable bonds is 4. The minimum absolute atomic E-state index is 0.0743. The summed E-state index contributed by atoms with van der Waals surface area (Å²) in [6.07, 6.45) is 4.92. The molecule has 0 aromatic heterocycles. The van der Waals surface area contributed by atoms with Gasteiger partial charge in [-0.05, 0) is 56.5 Å². The minimum Gasteiger partial charge on any atom is -0.349 e. The molecule has 3 rings (SSSR count). The maximum absolute atomic E-state index is 11.8. The first kappa shape index (κ1) is 11.7. The number of carbonyl (C=O) groups excluding carboxylic acids is 1. The molecule has 1 saturated carbocycles. The van der Waals surface area contributed by atoms with E-state index in [1.165, 1.54) is 31.5 Å². The zero-order valence-electron chi connectivity index (χ0n) is 10.7. The molecule has 1 aliphatic heterocycles. The molecule has 3 heteroatoms. The van der Waals surface area contributed by atoms with E-state index in [0.717, 1.165) is 24.9 Å². The predicted octanol–water partition coefficient (Wildman–Crippen LogP) is 2.17. The van der Waals surface area contributed by atoms with Gasteiger partial charge < -0.3 is 5.32 Å². The van der Waals surface area contributed by atoms with Gasteiger partial charge in [0.1, 0.15) is 0 Å². The molecule has 0 atom stereocenters. The molecular formula is C15H20N2O. The summed E-state index contributed by atoms with van der Waals surface area (Å²) in [4.78, 5) is 14.3. The Morgan fingerprint density at radius 1 is 1.17 bits per heavy atom. The summed E-state index contributed by atoms with van der Waals surface area (Å²) in [5.74, 6) is 0.0743. The van der Waals surface area contributed by atoms with E-state index < -0.39 is 0 Å². The van der Waals surface area contributed by atoms with Gasteiger partial charge in [0.05, 0.1) is 0 Å². The van der Waals surface area contributed by atoms with Crippen LogP contribution in [0, 0.1) is 0 Å². The molecular weight excluding hydrogens is 224 g/mol. The average Bonchev–Trinajstić information content (AvgIpc) is 3.04. The number of nitrogens with one attached hydrogen (secondary N) is 1. The molecule has 0 radical (unpaired) electrons. The summed E-state index contributed by atoms with van der Waals surface area (Å²) in [5, 5.41) is 3.01. The summed E-state index contributed by atoms with van der Waals surface area (Å²) in [6, 6.07) is 8.49. The summed E-state index contributed by atoms with van der Waals surface area (Å²) < 4.78 is 0. The smallest absolute Gasteiger partial charge is 0.251 e. The summed E-state index contributed by atoms with van der Waals surface area (Å²) >= 11 is 0. The van der Waals surface area contributed by atoms with Gasteiger partial charge in [-0.3, -0.25) is 9.69 Å². The molecule has 0 bridgehead atoms. The molecule has 2 aliphatic rings. The van der Waals surface area contributed by atoms with Crippen molar-refractivity contribution in [2.75, 3.05) is 13.1 Å². The van der Waals surface area contributed by atoms with E-state index in [2.05, 4.69) is 22.3 Å². The molecule has 1 amide bonds. The van der Waals surface area contributed by atoms with Crippen molar-refractivity contribution in [2.45, 2.75) is 38.3 Å². The monoisotopic (exact) mass is 244 g/mol. The van der Waals surface area contributed by atoms with Crippen LogP contribution in [0.1, 0.15) is 41.6 Å². The summed E-state index contributed by atoms with van der Waals surface area (Å²) in [7, 11) is 0. The highest BCUT2D eigenvalue weighted by atomic mass is 16.1. The van der Waals surface area contributed by atoms with Crippen LogP contribution in [-0.4, -0.2) is 29.9 Å². The zero-order valence-corrected chi connectivity index (χ0v) is 10.7. The van der Waals surface area contributed by atoms with Crippen LogP contribution in [0.2, 0.25) is 0 Å². The Morgan fingerprint density at radius 2 is 1.83 bits per heavy atom. The predicted molar refractivity (Wildman–Crippen MR) is 71.4 cm³/mol. The third-order valence-corrected chi connectivity index (χ3v) is 3.73. The van der Waals surface area contributed by atoms with E-state index in [4.69, 9.17) is 0 Å². The standard InChI is InChI=1S/C15H20N2O/c18-15(16-14-7-8-14)13-5-3-12(4-6-13)11-17-9-1-2-10-17/h3-6,14H,1-2,7-11H2,(H,16,18). The van der Waals surface area contributed by atoms with Gasteiger partial charge >= 0.3 is 0 Å². The molecule has 1 aromatic carbocycles. The molecule has 1 aromatic rings. The second-order valence-corrected chi connectivity index (χ2v) is 5.43. The van der Waals surface area contributed by atoms with E-state index in [9.17, 15) is 4.79 Å². The lowest BCUT2D eigenvalue weighted by molar-refractivity contribution is 0.0951. The largest absolute Gasteiger partial charge is 0.349 e. The van der Waals surface area contributed by atoms with Gasteiger partial charge in [-0.25, -0.2) is 0 Å². The van der Waals surface area contributed by atoms with Gasteiger partial charge in [-0.1, -0.05) is 12.1 Å². The molecule has 18 heavy (non-hydrogen) atoms. The Kier molecular flexibility index (Phi) is 3.33. The number of amides is 1. The van der Waals surface area contributed by atoms with Gasteiger partial charge in [-0.15, -0.1) is 0 Å². The highest BCUT2D eigenvalue weighted by Gasteiger charge is 2.23. The maximum Gasteiger partial charge on any atom is 0.251 e. The Hall–Kier alpha value is -1.35. The first-order chi connectivity index (χ1) is 8.81. The number of carbonyl (C=O) groups is 1. The van der Waals surface area contributed by atoms with E-state index in [-0.39, 0.29) is 5.91 Å². The lowest BCUT2D eigenvalue weighted by Crippen LogP contribution is -2.25. The van der Waals surface area contributed by atoms with E-state index in [0.29, 0.717) is 6.04 Å². The lowest BCUT2D eigenvalue weighted by Gasteiger charge is -2.14. The van der Waals surface area contributed by atoms with Crippen LogP contribution in [0.15, 0.2) is 24.3 Å². The fourth-order valence-corrected chi connectivity index (χ4v) is 2.46. The number of nitrogens with zero attached hydrogens (tertiary/aromatic N) is 1. The molecule has 2 fully saturated rings. The minimum atomic E-state index is 0.0743. The SMILES string of the molecule is O=C(NC1CC1)c1ccc(CN2CCCC2)cc1. The van der Waals surface area contributed by atoms with Crippen LogP contribution in [-0.2, 0) is 6.54 Å². The van der Waals surface area contributed by atoms with Crippen LogP contribution in [0.5, 0.6) is 0 Å². The second-order valence-electron chi connectivity index (χ2n) is 5.43. The molecule has 0 unspecified atom stereocenters. The number of hydrogen-bond acceptors (Lipinski definition) is 2.